The van der Waals surface area contributed by atoms with Crippen molar-refractivity contribution in [3.05, 3.63) is 54.4 Å². The molecule has 3 unspecified atom stereocenters. The molecule has 1 aromatic heterocycles. The number of nitrogens with one attached hydrogen (secondary N) is 2. The third kappa shape index (κ3) is 4.92. The van der Waals surface area contributed by atoms with E-state index in [0.29, 0.717) is 23.6 Å². The Hall–Kier alpha value is -2.02. The maximum Gasteiger partial charge on any atom is 0.0939 e. The van der Waals surface area contributed by atoms with E-state index < -0.39 is 11.0 Å². The van der Waals surface area contributed by atoms with Gasteiger partial charge in [0.05, 0.1) is 11.0 Å². The summed E-state index contributed by atoms with van der Waals surface area (Å²) in [5.41, 5.74) is 3.82. The van der Waals surface area contributed by atoms with E-state index >= 15 is 0 Å². The second-order valence-electron chi connectivity index (χ2n) is 8.60. The highest BCUT2D eigenvalue weighted by molar-refractivity contribution is 7.82. The molecule has 1 aromatic carbocycles. The maximum atomic E-state index is 12.1. The van der Waals surface area contributed by atoms with E-state index in [2.05, 4.69) is 63.3 Å². The Morgan fingerprint density at radius 1 is 1.26 bits per heavy atom. The summed E-state index contributed by atoms with van der Waals surface area (Å²) in [4.78, 5) is 4.38. The number of pyridine rings is 1. The Morgan fingerprint density at radius 2 is 2.06 bits per heavy atom. The number of fused-ring (bicyclic) bond motifs is 1. The lowest BCUT2D eigenvalue weighted by Gasteiger charge is -2.32. The summed E-state index contributed by atoms with van der Waals surface area (Å²) in [5.74, 6) is 1.65. The van der Waals surface area contributed by atoms with Crippen LogP contribution >= 0.6 is 0 Å². The fourth-order valence-corrected chi connectivity index (χ4v) is 5.76. The highest BCUT2D eigenvalue weighted by Crippen LogP contribution is 2.37. The lowest BCUT2D eigenvalue weighted by molar-refractivity contribution is 0.346. The number of allylic oxidation sites excluding steroid dienone is 3. The summed E-state index contributed by atoms with van der Waals surface area (Å²) in [5, 5.41) is 9.51. The van der Waals surface area contributed by atoms with E-state index in [0.717, 1.165) is 43.5 Å². The zero-order chi connectivity index (χ0) is 21.8. The summed E-state index contributed by atoms with van der Waals surface area (Å²) in [6.45, 7) is 7.06. The van der Waals surface area contributed by atoms with Crippen LogP contribution in [0.25, 0.3) is 16.3 Å². The second-order valence-corrected chi connectivity index (χ2v) is 10.3. The number of piperidine rings is 1. The van der Waals surface area contributed by atoms with Crippen LogP contribution in [0.5, 0.6) is 0 Å². The predicted octanol–water partition coefficient (Wildman–Crippen LogP) is 4.22. The van der Waals surface area contributed by atoms with Crippen molar-refractivity contribution in [2.45, 2.75) is 32.7 Å². The minimum atomic E-state index is -0.837. The summed E-state index contributed by atoms with van der Waals surface area (Å²) < 4.78 is 14.2. The van der Waals surface area contributed by atoms with E-state index in [9.17, 15) is 4.21 Å². The van der Waals surface area contributed by atoms with Gasteiger partial charge in [0, 0.05) is 54.9 Å². The average Bonchev–Trinajstić information content (AvgIpc) is 2.80. The van der Waals surface area contributed by atoms with Crippen molar-refractivity contribution < 1.29 is 4.21 Å². The van der Waals surface area contributed by atoms with Crippen molar-refractivity contribution in [1.82, 2.24) is 14.6 Å². The van der Waals surface area contributed by atoms with Crippen molar-refractivity contribution in [1.29, 1.82) is 0 Å². The molecule has 166 valence electrons. The lowest BCUT2D eigenvalue weighted by Crippen LogP contribution is -2.40. The highest BCUT2D eigenvalue weighted by atomic mass is 32.2. The Bertz CT molecular complexity index is 994. The molecule has 2 N–H and O–H groups in total. The number of hydrogen-bond acceptors (Lipinski definition) is 4. The summed E-state index contributed by atoms with van der Waals surface area (Å²) in [6.07, 6.45) is 12.6. The number of nitrogens with zero attached hydrogens (tertiary/aromatic N) is 2. The Morgan fingerprint density at radius 3 is 2.81 bits per heavy atom. The number of anilines is 1. The van der Waals surface area contributed by atoms with Gasteiger partial charge < -0.3 is 10.6 Å². The van der Waals surface area contributed by atoms with Crippen LogP contribution in [0.4, 0.5) is 5.69 Å². The molecule has 1 aliphatic carbocycles. The van der Waals surface area contributed by atoms with Gasteiger partial charge in [0.15, 0.2) is 0 Å². The smallest absolute Gasteiger partial charge is 0.0939 e. The molecule has 2 heterocycles. The standard InChI is InChI=1S/C25H34N4OS/c1-4-31(30)29-12-9-22(10-13-29)28-25-15-21(14-19-8-11-27-17-24(19)25)23-7-5-6-20(16-26-3)18(23)2/h5-8,11,14-15,17-18,20,22,26,28H,4,9-10,12-13,16H2,1-3H3. The number of benzene rings is 1. The predicted molar refractivity (Wildman–Crippen MR) is 132 cm³/mol. The average molecular weight is 439 g/mol. The molecule has 2 aliphatic rings. The van der Waals surface area contributed by atoms with Gasteiger partial charge in [-0.3, -0.25) is 4.98 Å². The van der Waals surface area contributed by atoms with Crippen molar-refractivity contribution in [3.63, 3.8) is 0 Å². The molecule has 0 bridgehead atoms. The van der Waals surface area contributed by atoms with Gasteiger partial charge in [0.25, 0.3) is 0 Å². The zero-order valence-electron chi connectivity index (χ0n) is 18.8. The molecular formula is C25H34N4OS. The van der Waals surface area contributed by atoms with Crippen molar-refractivity contribution in [3.8, 4) is 0 Å². The minimum absolute atomic E-state index is 0.387. The summed E-state index contributed by atoms with van der Waals surface area (Å²) in [7, 11) is 1.18. The molecule has 0 radical (unpaired) electrons. The monoisotopic (exact) mass is 438 g/mol. The Kier molecular flexibility index (Phi) is 7.20. The molecular weight excluding hydrogens is 404 g/mol. The third-order valence-electron chi connectivity index (χ3n) is 6.64. The van der Waals surface area contributed by atoms with Gasteiger partial charge in [0.2, 0.25) is 0 Å². The minimum Gasteiger partial charge on any atom is -0.382 e. The number of hydrogen-bond donors (Lipinski definition) is 2. The normalized spacial score (nSPS) is 23.6. The van der Waals surface area contributed by atoms with Crippen LogP contribution in [0.2, 0.25) is 0 Å². The van der Waals surface area contributed by atoms with Crippen LogP contribution in [-0.2, 0) is 11.0 Å². The fraction of sp³-hybridized carbons (Fsp3) is 0.480. The van der Waals surface area contributed by atoms with Gasteiger partial charge in [-0.1, -0.05) is 32.1 Å². The first-order valence-corrected chi connectivity index (χ1v) is 12.7. The van der Waals surface area contributed by atoms with Crippen LogP contribution in [0.1, 0.15) is 32.3 Å². The molecule has 1 saturated heterocycles. The van der Waals surface area contributed by atoms with Gasteiger partial charge in [-0.2, -0.15) is 0 Å². The van der Waals surface area contributed by atoms with Crippen LogP contribution in [0.15, 0.2) is 48.8 Å². The van der Waals surface area contributed by atoms with Gasteiger partial charge in [-0.25, -0.2) is 8.51 Å². The van der Waals surface area contributed by atoms with Gasteiger partial charge in [-0.05, 0) is 66.4 Å². The molecule has 3 atom stereocenters. The first-order chi connectivity index (χ1) is 15.1. The van der Waals surface area contributed by atoms with Crippen molar-refractivity contribution in [2.24, 2.45) is 11.8 Å². The quantitative estimate of drug-likeness (QED) is 0.680. The van der Waals surface area contributed by atoms with Gasteiger partial charge in [0.1, 0.15) is 0 Å². The number of aromatic nitrogens is 1. The first-order valence-electron chi connectivity index (χ1n) is 11.4. The van der Waals surface area contributed by atoms with Gasteiger partial charge in [-0.15, -0.1) is 0 Å². The number of rotatable bonds is 7. The van der Waals surface area contributed by atoms with Gasteiger partial charge >= 0.3 is 0 Å². The van der Waals surface area contributed by atoms with E-state index in [1.807, 2.05) is 26.4 Å². The van der Waals surface area contributed by atoms with E-state index in [1.165, 1.54) is 16.5 Å². The molecule has 0 saturated carbocycles. The lowest BCUT2D eigenvalue weighted by atomic mass is 9.80. The summed E-state index contributed by atoms with van der Waals surface area (Å²) >= 11 is 0. The van der Waals surface area contributed by atoms with E-state index in [1.54, 1.807) is 0 Å². The SMILES string of the molecule is CCS(=O)N1CCC(Nc2cc(C3=CC=CC(CNC)C3C)cc3ccncc23)CC1. The molecule has 5 nitrogen and oxygen atoms in total. The Labute approximate surface area is 188 Å². The Balaban J connectivity index is 1.60. The van der Waals surface area contributed by atoms with E-state index in [-0.39, 0.29) is 0 Å². The molecule has 1 aliphatic heterocycles. The molecule has 1 fully saturated rings. The second kappa shape index (κ2) is 10.1. The third-order valence-corrected chi connectivity index (χ3v) is 8.08. The van der Waals surface area contributed by atoms with Crippen molar-refractivity contribution in [2.75, 3.05) is 37.8 Å². The van der Waals surface area contributed by atoms with Crippen LogP contribution in [0.3, 0.4) is 0 Å². The highest BCUT2D eigenvalue weighted by Gasteiger charge is 2.24. The molecule has 0 spiro atoms. The first kappa shape index (κ1) is 22.2. The zero-order valence-corrected chi connectivity index (χ0v) is 19.6. The molecule has 0 amide bonds. The molecule has 4 rings (SSSR count). The molecule has 2 aromatic rings. The van der Waals surface area contributed by atoms with Crippen LogP contribution in [0, 0.1) is 11.8 Å². The fourth-order valence-electron chi connectivity index (χ4n) is 4.78. The molecule has 31 heavy (non-hydrogen) atoms. The molecule has 6 heteroatoms. The van der Waals surface area contributed by atoms with E-state index in [4.69, 9.17) is 0 Å². The topological polar surface area (TPSA) is 57.3 Å². The maximum absolute atomic E-state index is 12.1. The van der Waals surface area contributed by atoms with Crippen molar-refractivity contribution >= 4 is 33.0 Å². The van der Waals surface area contributed by atoms with Crippen LogP contribution in [-0.4, -0.2) is 52.0 Å². The summed E-state index contributed by atoms with van der Waals surface area (Å²) in [6, 6.07) is 7.09. The van der Waals surface area contributed by atoms with Crippen LogP contribution < -0.4 is 10.6 Å². The largest absolute Gasteiger partial charge is 0.382 e.